The largest absolute Gasteiger partial charge is 0.454 e. The Labute approximate surface area is 139 Å². The molecule has 0 bridgehead atoms. The lowest BCUT2D eigenvalue weighted by atomic mass is 9.91. The number of nitrogens with zero attached hydrogens (tertiary/aromatic N) is 1. The van der Waals surface area contributed by atoms with Crippen LogP contribution in [0, 0.1) is 0 Å². The van der Waals surface area contributed by atoms with Crippen LogP contribution in [0.25, 0.3) is 0 Å². The van der Waals surface area contributed by atoms with Gasteiger partial charge in [0.15, 0.2) is 11.5 Å². The SMILES string of the molecule is CC(C)NC(=O)CN1C(=O)N[C@](C)(c2ccc3c(c2)OCO3)C1=O. The minimum atomic E-state index is -1.25. The van der Waals surface area contributed by atoms with Crippen LogP contribution in [-0.2, 0) is 15.1 Å². The molecule has 1 aromatic rings. The van der Waals surface area contributed by atoms with Crippen LogP contribution >= 0.6 is 0 Å². The molecule has 0 unspecified atom stereocenters. The van der Waals surface area contributed by atoms with Crippen LogP contribution in [0.1, 0.15) is 26.3 Å². The van der Waals surface area contributed by atoms with E-state index in [1.807, 2.05) is 0 Å². The Morgan fingerprint density at radius 2 is 2.04 bits per heavy atom. The topological polar surface area (TPSA) is 97.0 Å². The Balaban J connectivity index is 1.83. The van der Waals surface area contributed by atoms with Crippen LogP contribution < -0.4 is 20.1 Å². The van der Waals surface area contributed by atoms with E-state index in [1.54, 1.807) is 39.0 Å². The molecule has 0 spiro atoms. The smallest absolute Gasteiger partial charge is 0.325 e. The Morgan fingerprint density at radius 3 is 2.75 bits per heavy atom. The first-order chi connectivity index (χ1) is 11.3. The number of imide groups is 1. The summed E-state index contributed by atoms with van der Waals surface area (Å²) in [6.07, 6.45) is 0. The Kier molecular flexibility index (Phi) is 3.82. The van der Waals surface area contributed by atoms with Crippen molar-refractivity contribution in [3.05, 3.63) is 23.8 Å². The van der Waals surface area contributed by atoms with Gasteiger partial charge in [0.05, 0.1) is 0 Å². The van der Waals surface area contributed by atoms with E-state index in [1.165, 1.54) is 0 Å². The lowest BCUT2D eigenvalue weighted by molar-refractivity contribution is -0.135. The molecule has 8 nitrogen and oxygen atoms in total. The second-order valence-corrected chi connectivity index (χ2v) is 6.24. The van der Waals surface area contributed by atoms with Crippen molar-refractivity contribution in [1.82, 2.24) is 15.5 Å². The third-order valence-electron chi connectivity index (χ3n) is 3.98. The van der Waals surface area contributed by atoms with Gasteiger partial charge in [0.1, 0.15) is 12.1 Å². The Morgan fingerprint density at radius 1 is 1.33 bits per heavy atom. The molecule has 8 heteroatoms. The van der Waals surface area contributed by atoms with Crippen LogP contribution in [0.5, 0.6) is 11.5 Å². The normalized spacial score (nSPS) is 22.1. The number of nitrogens with one attached hydrogen (secondary N) is 2. The van der Waals surface area contributed by atoms with Crippen LogP contribution in [-0.4, -0.2) is 42.1 Å². The van der Waals surface area contributed by atoms with Crippen LogP contribution in [0.4, 0.5) is 4.79 Å². The van der Waals surface area contributed by atoms with Gasteiger partial charge in [0.25, 0.3) is 5.91 Å². The molecule has 0 aliphatic carbocycles. The molecule has 24 heavy (non-hydrogen) atoms. The summed E-state index contributed by atoms with van der Waals surface area (Å²) in [6.45, 7) is 5.02. The highest BCUT2D eigenvalue weighted by atomic mass is 16.7. The highest BCUT2D eigenvalue weighted by molar-refractivity contribution is 6.09. The molecule has 2 N–H and O–H groups in total. The molecule has 4 amide bonds. The quantitative estimate of drug-likeness (QED) is 0.791. The highest BCUT2D eigenvalue weighted by Gasteiger charge is 2.49. The van der Waals surface area contributed by atoms with Crippen molar-refractivity contribution in [3.8, 4) is 11.5 Å². The maximum Gasteiger partial charge on any atom is 0.325 e. The standard InChI is InChI=1S/C16H19N3O5/c1-9(2)17-13(20)7-19-14(21)16(3,18-15(19)22)10-4-5-11-12(6-10)24-8-23-11/h4-6,9H,7-8H2,1-3H3,(H,17,20)(H,18,22)/t16-/m1/s1. The second kappa shape index (κ2) is 5.70. The minimum absolute atomic E-state index is 0.0708. The van der Waals surface area contributed by atoms with Gasteiger partial charge in [-0.15, -0.1) is 0 Å². The predicted molar refractivity (Wildman–Crippen MR) is 83.4 cm³/mol. The van der Waals surface area contributed by atoms with E-state index in [0.29, 0.717) is 17.1 Å². The number of fused-ring (bicyclic) bond motifs is 1. The molecule has 3 rings (SSSR count). The molecular weight excluding hydrogens is 314 g/mol. The Bertz CT molecular complexity index is 718. The third-order valence-corrected chi connectivity index (χ3v) is 3.98. The maximum atomic E-state index is 12.8. The molecule has 0 radical (unpaired) electrons. The molecule has 1 aromatic carbocycles. The van der Waals surface area contributed by atoms with Crippen LogP contribution in [0.3, 0.4) is 0 Å². The molecule has 1 atom stereocenters. The fraction of sp³-hybridized carbons (Fsp3) is 0.438. The van der Waals surface area contributed by atoms with E-state index in [9.17, 15) is 14.4 Å². The lowest BCUT2D eigenvalue weighted by Gasteiger charge is -2.22. The summed E-state index contributed by atoms with van der Waals surface area (Å²) >= 11 is 0. The van der Waals surface area contributed by atoms with Crippen molar-refractivity contribution in [1.29, 1.82) is 0 Å². The van der Waals surface area contributed by atoms with Gasteiger partial charge < -0.3 is 20.1 Å². The van der Waals surface area contributed by atoms with Gasteiger partial charge in [-0.25, -0.2) is 4.79 Å². The summed E-state index contributed by atoms with van der Waals surface area (Å²) in [6, 6.07) is 4.38. The van der Waals surface area contributed by atoms with E-state index in [4.69, 9.17) is 9.47 Å². The lowest BCUT2D eigenvalue weighted by Crippen LogP contribution is -2.44. The second-order valence-electron chi connectivity index (χ2n) is 6.24. The van der Waals surface area contributed by atoms with Crippen molar-refractivity contribution in [2.75, 3.05) is 13.3 Å². The molecule has 128 valence electrons. The van der Waals surface area contributed by atoms with Gasteiger partial charge in [-0.2, -0.15) is 0 Å². The first-order valence-corrected chi connectivity index (χ1v) is 7.65. The van der Waals surface area contributed by atoms with Crippen molar-refractivity contribution in [2.45, 2.75) is 32.4 Å². The number of carbonyl (C=O) groups is 3. The summed E-state index contributed by atoms with van der Waals surface area (Å²) in [4.78, 5) is 37.7. The number of hydrogen-bond acceptors (Lipinski definition) is 5. The molecule has 2 aliphatic heterocycles. The molecule has 1 fully saturated rings. The van der Waals surface area contributed by atoms with Gasteiger partial charge in [-0.3, -0.25) is 14.5 Å². The minimum Gasteiger partial charge on any atom is -0.454 e. The number of rotatable bonds is 4. The first kappa shape index (κ1) is 16.1. The zero-order chi connectivity index (χ0) is 17.5. The zero-order valence-corrected chi connectivity index (χ0v) is 13.7. The van der Waals surface area contributed by atoms with Gasteiger partial charge >= 0.3 is 6.03 Å². The van der Waals surface area contributed by atoms with Gasteiger partial charge in [-0.05, 0) is 38.5 Å². The van der Waals surface area contributed by atoms with Crippen molar-refractivity contribution in [3.63, 3.8) is 0 Å². The van der Waals surface area contributed by atoms with E-state index < -0.39 is 17.5 Å². The number of urea groups is 1. The molecule has 0 saturated carbocycles. The van der Waals surface area contributed by atoms with E-state index >= 15 is 0 Å². The number of amides is 4. The highest BCUT2D eigenvalue weighted by Crippen LogP contribution is 2.37. The molecule has 0 aromatic heterocycles. The number of carbonyl (C=O) groups excluding carboxylic acids is 3. The molecule has 2 heterocycles. The molecule has 1 saturated heterocycles. The monoisotopic (exact) mass is 333 g/mol. The summed E-state index contributed by atoms with van der Waals surface area (Å²) in [7, 11) is 0. The van der Waals surface area contributed by atoms with Crippen molar-refractivity contribution in [2.24, 2.45) is 0 Å². The number of ether oxygens (including phenoxy) is 2. The number of hydrogen-bond donors (Lipinski definition) is 2. The number of benzene rings is 1. The van der Waals surface area contributed by atoms with Gasteiger partial charge in [0.2, 0.25) is 12.7 Å². The van der Waals surface area contributed by atoms with E-state index in [0.717, 1.165) is 4.90 Å². The third kappa shape index (κ3) is 2.64. The summed E-state index contributed by atoms with van der Waals surface area (Å²) in [5.74, 6) is 0.243. The summed E-state index contributed by atoms with van der Waals surface area (Å²) in [5, 5.41) is 5.32. The average Bonchev–Trinajstić information content (AvgIpc) is 3.05. The maximum absolute atomic E-state index is 12.8. The fourth-order valence-corrected chi connectivity index (χ4v) is 2.75. The zero-order valence-electron chi connectivity index (χ0n) is 13.7. The Hall–Kier alpha value is -2.77. The molecular formula is C16H19N3O5. The van der Waals surface area contributed by atoms with E-state index in [-0.39, 0.29) is 25.3 Å². The molecule has 2 aliphatic rings. The predicted octanol–water partition coefficient (Wildman–Crippen LogP) is 0.707. The summed E-state index contributed by atoms with van der Waals surface area (Å²) in [5.41, 5.74) is -0.687. The van der Waals surface area contributed by atoms with Crippen LogP contribution in [0.15, 0.2) is 18.2 Å². The van der Waals surface area contributed by atoms with Gasteiger partial charge in [0, 0.05) is 6.04 Å². The fourth-order valence-electron chi connectivity index (χ4n) is 2.75. The van der Waals surface area contributed by atoms with Gasteiger partial charge in [-0.1, -0.05) is 6.07 Å². The van der Waals surface area contributed by atoms with Crippen LogP contribution in [0.2, 0.25) is 0 Å². The van der Waals surface area contributed by atoms with Crippen molar-refractivity contribution >= 4 is 17.8 Å². The van der Waals surface area contributed by atoms with Crippen molar-refractivity contribution < 1.29 is 23.9 Å². The summed E-state index contributed by atoms with van der Waals surface area (Å²) < 4.78 is 10.6. The van der Waals surface area contributed by atoms with E-state index in [2.05, 4.69) is 10.6 Å². The first-order valence-electron chi connectivity index (χ1n) is 7.65. The average molecular weight is 333 g/mol.